The molecular formula is C27H22F8O4. The minimum Gasteiger partial charge on any atom is -0.429 e. The molecule has 0 aliphatic carbocycles. The van der Waals surface area contributed by atoms with E-state index < -0.39 is 64.2 Å². The minimum atomic E-state index is -4.75. The highest BCUT2D eigenvalue weighted by molar-refractivity contribution is 5.65. The van der Waals surface area contributed by atoms with Crippen LogP contribution >= 0.6 is 0 Å². The zero-order valence-electron chi connectivity index (χ0n) is 20.4. The van der Waals surface area contributed by atoms with Crippen molar-refractivity contribution in [1.82, 2.24) is 0 Å². The molecular weight excluding hydrogens is 540 g/mol. The van der Waals surface area contributed by atoms with E-state index in [4.69, 9.17) is 14.3 Å². The Morgan fingerprint density at radius 3 is 1.92 bits per heavy atom. The van der Waals surface area contributed by atoms with Gasteiger partial charge in [0.25, 0.3) is 0 Å². The van der Waals surface area contributed by atoms with Crippen molar-refractivity contribution in [3.05, 3.63) is 88.5 Å². The standard InChI is InChI=1S/C26H20F8O3.CH2O/c1-2-3-13-11-35-25(36-12-13)14-4-5-17(18(27)6-14)15-7-19(28)23(20(29)8-15)26(33,34)37-16-9-21(30)24(32)22(31)10-16;1-2/h4-10,13,25H,2-3,11-12H2,1H3;1H2. The molecule has 0 bridgehead atoms. The SMILES string of the molecule is C=O.CCCC1COC(c2ccc(-c3cc(F)c(C(F)(F)Oc4cc(F)c(F)c(F)c4)c(F)c3)c(F)c2)OC1. The molecule has 3 aromatic rings. The number of alkyl halides is 2. The molecule has 1 saturated heterocycles. The van der Waals surface area contributed by atoms with Gasteiger partial charge in [-0.1, -0.05) is 25.5 Å². The first-order valence-corrected chi connectivity index (χ1v) is 11.5. The van der Waals surface area contributed by atoms with E-state index in [0.29, 0.717) is 30.9 Å². The summed E-state index contributed by atoms with van der Waals surface area (Å²) in [5, 5.41) is 0. The third-order valence-electron chi connectivity index (χ3n) is 5.78. The predicted octanol–water partition coefficient (Wildman–Crippen LogP) is 7.59. The summed E-state index contributed by atoms with van der Waals surface area (Å²) < 4.78 is 128. The van der Waals surface area contributed by atoms with Gasteiger partial charge < -0.3 is 19.0 Å². The number of halogens is 8. The van der Waals surface area contributed by atoms with E-state index in [1.54, 1.807) is 0 Å². The zero-order chi connectivity index (χ0) is 28.9. The van der Waals surface area contributed by atoms with E-state index in [-0.39, 0.29) is 23.6 Å². The van der Waals surface area contributed by atoms with Crippen LogP contribution in [0.3, 0.4) is 0 Å². The van der Waals surface area contributed by atoms with E-state index in [2.05, 4.69) is 4.74 Å². The highest BCUT2D eigenvalue weighted by Crippen LogP contribution is 2.38. The molecule has 210 valence electrons. The fourth-order valence-electron chi connectivity index (χ4n) is 4.02. The molecule has 0 aromatic heterocycles. The van der Waals surface area contributed by atoms with E-state index in [0.717, 1.165) is 18.9 Å². The fraction of sp³-hybridized carbons (Fsp3) is 0.296. The topological polar surface area (TPSA) is 44.8 Å². The van der Waals surface area contributed by atoms with Crippen LogP contribution < -0.4 is 4.74 Å². The van der Waals surface area contributed by atoms with Gasteiger partial charge in [-0.25, -0.2) is 26.3 Å². The number of hydrogen-bond acceptors (Lipinski definition) is 4. The van der Waals surface area contributed by atoms with Gasteiger partial charge in [-0.05, 0) is 30.2 Å². The molecule has 39 heavy (non-hydrogen) atoms. The Morgan fingerprint density at radius 2 is 1.41 bits per heavy atom. The summed E-state index contributed by atoms with van der Waals surface area (Å²) in [5.41, 5.74) is -2.25. The Labute approximate surface area is 218 Å². The van der Waals surface area contributed by atoms with Crippen LogP contribution in [0.2, 0.25) is 0 Å². The lowest BCUT2D eigenvalue weighted by Gasteiger charge is -2.29. The third-order valence-corrected chi connectivity index (χ3v) is 5.78. The van der Waals surface area contributed by atoms with E-state index in [1.807, 2.05) is 13.7 Å². The van der Waals surface area contributed by atoms with Gasteiger partial charge in [0.1, 0.15) is 35.6 Å². The Hall–Kier alpha value is -3.51. The number of hydrogen-bond donors (Lipinski definition) is 0. The maximum atomic E-state index is 14.9. The average Bonchev–Trinajstić information content (AvgIpc) is 2.88. The Balaban J connectivity index is 0.00000205. The van der Waals surface area contributed by atoms with Crippen LogP contribution in [0, 0.1) is 40.8 Å². The van der Waals surface area contributed by atoms with Crippen molar-refractivity contribution in [2.24, 2.45) is 5.92 Å². The monoisotopic (exact) mass is 562 g/mol. The molecule has 1 heterocycles. The molecule has 4 rings (SSSR count). The molecule has 1 aliphatic heterocycles. The smallest absolute Gasteiger partial charge is 0.429 e. The van der Waals surface area contributed by atoms with Crippen LogP contribution in [-0.4, -0.2) is 20.0 Å². The first-order valence-electron chi connectivity index (χ1n) is 11.5. The van der Waals surface area contributed by atoms with Gasteiger partial charge in [-0.15, -0.1) is 0 Å². The summed E-state index contributed by atoms with van der Waals surface area (Å²) in [6.45, 7) is 4.88. The lowest BCUT2D eigenvalue weighted by Crippen LogP contribution is -2.27. The normalized spacial score (nSPS) is 17.4. The molecule has 0 amide bonds. The summed E-state index contributed by atoms with van der Waals surface area (Å²) in [6, 6.07) is 4.78. The first-order chi connectivity index (χ1) is 18.5. The number of benzene rings is 3. The number of rotatable bonds is 7. The summed E-state index contributed by atoms with van der Waals surface area (Å²) in [6.07, 6.45) is -3.71. The largest absolute Gasteiger partial charge is 0.432 e. The molecule has 1 fully saturated rings. The molecule has 12 heteroatoms. The van der Waals surface area contributed by atoms with Crippen molar-refractivity contribution >= 4 is 6.79 Å². The predicted molar refractivity (Wildman–Crippen MR) is 123 cm³/mol. The Kier molecular flexibility index (Phi) is 9.68. The molecule has 0 N–H and O–H groups in total. The lowest BCUT2D eigenvalue weighted by atomic mass is 10.00. The van der Waals surface area contributed by atoms with Crippen LogP contribution in [0.5, 0.6) is 5.75 Å². The molecule has 3 aromatic carbocycles. The second-order valence-corrected chi connectivity index (χ2v) is 8.53. The van der Waals surface area contributed by atoms with Crippen molar-refractivity contribution in [2.75, 3.05) is 13.2 Å². The van der Waals surface area contributed by atoms with Crippen molar-refractivity contribution in [3.8, 4) is 16.9 Å². The highest BCUT2D eigenvalue weighted by atomic mass is 19.3. The minimum absolute atomic E-state index is 0.0944. The average molecular weight is 562 g/mol. The second kappa shape index (κ2) is 12.6. The van der Waals surface area contributed by atoms with Gasteiger partial charge in [0.05, 0.1) is 13.2 Å². The van der Waals surface area contributed by atoms with E-state index in [9.17, 15) is 35.1 Å². The maximum Gasteiger partial charge on any atom is 0.432 e. The van der Waals surface area contributed by atoms with Gasteiger partial charge in [0.15, 0.2) is 23.7 Å². The second-order valence-electron chi connectivity index (χ2n) is 8.53. The maximum absolute atomic E-state index is 14.9. The van der Waals surface area contributed by atoms with Crippen molar-refractivity contribution in [1.29, 1.82) is 0 Å². The van der Waals surface area contributed by atoms with Crippen molar-refractivity contribution in [3.63, 3.8) is 0 Å². The van der Waals surface area contributed by atoms with Gasteiger partial charge in [0, 0.05) is 29.2 Å². The van der Waals surface area contributed by atoms with Crippen molar-refractivity contribution in [2.45, 2.75) is 32.2 Å². The molecule has 0 unspecified atom stereocenters. The van der Waals surface area contributed by atoms with Gasteiger partial charge in [-0.3, -0.25) is 0 Å². The summed E-state index contributed by atoms with van der Waals surface area (Å²) >= 11 is 0. The van der Waals surface area contributed by atoms with Crippen LogP contribution in [0.1, 0.15) is 37.2 Å². The van der Waals surface area contributed by atoms with Crippen LogP contribution in [0.25, 0.3) is 11.1 Å². The molecule has 1 aliphatic rings. The van der Waals surface area contributed by atoms with Gasteiger partial charge >= 0.3 is 6.11 Å². The number of carbonyl (C=O) groups is 1. The highest BCUT2D eigenvalue weighted by Gasteiger charge is 2.41. The molecule has 4 nitrogen and oxygen atoms in total. The van der Waals surface area contributed by atoms with E-state index >= 15 is 0 Å². The van der Waals surface area contributed by atoms with Crippen LogP contribution in [-0.2, 0) is 20.4 Å². The molecule has 0 atom stereocenters. The first kappa shape index (κ1) is 30.0. The lowest BCUT2D eigenvalue weighted by molar-refractivity contribution is -0.206. The van der Waals surface area contributed by atoms with Gasteiger partial charge in [-0.2, -0.15) is 8.78 Å². The third kappa shape index (κ3) is 6.74. The molecule has 0 radical (unpaired) electrons. The summed E-state index contributed by atoms with van der Waals surface area (Å²) in [5.74, 6) is -11.1. The summed E-state index contributed by atoms with van der Waals surface area (Å²) in [4.78, 5) is 8.00. The number of ether oxygens (including phenoxy) is 3. The Bertz CT molecular complexity index is 1260. The molecule has 0 saturated carbocycles. The summed E-state index contributed by atoms with van der Waals surface area (Å²) in [7, 11) is 0. The molecule has 0 spiro atoms. The number of carbonyl (C=O) groups excluding carboxylic acids is 1. The Morgan fingerprint density at radius 1 is 0.846 bits per heavy atom. The fourth-order valence-corrected chi connectivity index (χ4v) is 4.02. The zero-order valence-corrected chi connectivity index (χ0v) is 20.4. The van der Waals surface area contributed by atoms with Crippen molar-refractivity contribution < 1.29 is 54.1 Å². The van der Waals surface area contributed by atoms with Crippen LogP contribution in [0.4, 0.5) is 35.1 Å². The van der Waals surface area contributed by atoms with Crippen LogP contribution in [0.15, 0.2) is 42.5 Å². The quantitative estimate of drug-likeness (QED) is 0.220. The van der Waals surface area contributed by atoms with Gasteiger partial charge in [0.2, 0.25) is 0 Å². The van der Waals surface area contributed by atoms with E-state index in [1.165, 1.54) is 12.1 Å².